The van der Waals surface area contributed by atoms with Gasteiger partial charge in [0.05, 0.1) is 12.6 Å². The molecule has 1 aliphatic rings. The van der Waals surface area contributed by atoms with Crippen LogP contribution < -0.4 is 0 Å². The van der Waals surface area contributed by atoms with E-state index >= 15 is 0 Å². The minimum absolute atomic E-state index is 0.0887. The summed E-state index contributed by atoms with van der Waals surface area (Å²) >= 11 is 0. The fourth-order valence-electron chi connectivity index (χ4n) is 2.73. The fourth-order valence-corrected chi connectivity index (χ4v) is 2.73. The molecule has 0 bridgehead atoms. The van der Waals surface area contributed by atoms with Crippen LogP contribution in [-0.2, 0) is 11.2 Å². The minimum Gasteiger partial charge on any atom is -0.463 e. The number of hydrogen-bond acceptors (Lipinski definition) is 2. The molecule has 1 saturated heterocycles. The second kappa shape index (κ2) is 13.0. The number of ether oxygens (including phenoxy) is 1. The second-order valence-corrected chi connectivity index (χ2v) is 5.46. The first kappa shape index (κ1) is 21.8. The van der Waals surface area contributed by atoms with Gasteiger partial charge >= 0.3 is 0 Å². The topological polar surface area (TPSA) is 24.8 Å². The van der Waals surface area contributed by atoms with Gasteiger partial charge in [0, 0.05) is 6.54 Å². The van der Waals surface area contributed by atoms with Gasteiger partial charge in [-0.1, -0.05) is 88.4 Å². The van der Waals surface area contributed by atoms with Gasteiger partial charge in [0.15, 0.2) is 0 Å². The Morgan fingerprint density at radius 3 is 2.08 bits per heavy atom. The third-order valence-corrected chi connectivity index (χ3v) is 3.97. The third-order valence-electron chi connectivity index (χ3n) is 3.97. The normalized spacial score (nSPS) is 15.3. The standard InChI is InChI=1S/C19H22N2O.2C2H6/c1-2-21-13-14-22-19(21)20-18(17-11-7-4-8-12-17)15-16-9-5-3-6-10-16;2*1-2/h3-12,18H,2,13-15H2,1H3;2*1-2H3. The predicted octanol–water partition coefficient (Wildman–Crippen LogP) is 5.73. The Hall–Kier alpha value is -2.29. The average Bonchev–Trinajstić information content (AvgIpc) is 3.19. The monoisotopic (exact) mass is 354 g/mol. The molecule has 1 aliphatic heterocycles. The first-order valence-electron chi connectivity index (χ1n) is 9.91. The van der Waals surface area contributed by atoms with E-state index in [1.54, 1.807) is 0 Å². The van der Waals surface area contributed by atoms with Gasteiger partial charge in [-0.25, -0.2) is 4.99 Å². The number of nitrogens with zero attached hydrogens (tertiary/aromatic N) is 2. The van der Waals surface area contributed by atoms with E-state index in [0.29, 0.717) is 0 Å². The van der Waals surface area contributed by atoms with Gasteiger partial charge in [0.1, 0.15) is 6.61 Å². The van der Waals surface area contributed by atoms with E-state index in [4.69, 9.17) is 9.73 Å². The molecule has 0 N–H and O–H groups in total. The molecule has 142 valence electrons. The lowest BCUT2D eigenvalue weighted by atomic mass is 9.99. The molecule has 2 aromatic carbocycles. The van der Waals surface area contributed by atoms with E-state index < -0.39 is 0 Å². The van der Waals surface area contributed by atoms with Gasteiger partial charge in [-0.2, -0.15) is 0 Å². The SMILES string of the molecule is CC.CC.CCN1CCOC1=NC(Cc1ccccc1)c1ccccc1. The van der Waals surface area contributed by atoms with Gasteiger partial charge in [-0.15, -0.1) is 0 Å². The lowest BCUT2D eigenvalue weighted by Crippen LogP contribution is -2.26. The van der Waals surface area contributed by atoms with E-state index in [1.807, 2.05) is 39.8 Å². The highest BCUT2D eigenvalue weighted by Gasteiger charge is 2.21. The fraction of sp³-hybridized carbons (Fsp3) is 0.435. The van der Waals surface area contributed by atoms with Crippen LogP contribution in [0.1, 0.15) is 51.8 Å². The molecule has 0 aromatic heterocycles. The van der Waals surface area contributed by atoms with Gasteiger partial charge in [-0.05, 0) is 24.5 Å². The van der Waals surface area contributed by atoms with Crippen LogP contribution in [0.15, 0.2) is 65.7 Å². The van der Waals surface area contributed by atoms with Crippen LogP contribution >= 0.6 is 0 Å². The summed E-state index contributed by atoms with van der Waals surface area (Å²) in [6, 6.07) is 21.9. The van der Waals surface area contributed by atoms with Crippen molar-refractivity contribution in [1.82, 2.24) is 4.90 Å². The lowest BCUT2D eigenvalue weighted by Gasteiger charge is -2.18. The Morgan fingerprint density at radius 2 is 1.50 bits per heavy atom. The molecule has 0 spiro atoms. The van der Waals surface area contributed by atoms with Crippen molar-refractivity contribution in [2.75, 3.05) is 19.7 Å². The van der Waals surface area contributed by atoms with Crippen LogP contribution in [0.2, 0.25) is 0 Å². The Labute approximate surface area is 159 Å². The summed E-state index contributed by atoms with van der Waals surface area (Å²) in [5.41, 5.74) is 2.52. The number of benzene rings is 2. The zero-order chi connectivity index (χ0) is 19.2. The van der Waals surface area contributed by atoms with E-state index in [2.05, 4.69) is 60.4 Å². The highest BCUT2D eigenvalue weighted by Crippen LogP contribution is 2.24. The van der Waals surface area contributed by atoms with Gasteiger partial charge in [0.25, 0.3) is 6.02 Å². The van der Waals surface area contributed by atoms with Crippen molar-refractivity contribution in [3.05, 3.63) is 71.8 Å². The minimum atomic E-state index is 0.0887. The Balaban J connectivity index is 0.000000791. The number of amidine groups is 1. The van der Waals surface area contributed by atoms with Crippen LogP contribution in [0.5, 0.6) is 0 Å². The molecular weight excluding hydrogens is 320 g/mol. The van der Waals surface area contributed by atoms with E-state index in [1.165, 1.54) is 11.1 Å². The maximum Gasteiger partial charge on any atom is 0.288 e. The van der Waals surface area contributed by atoms with Gasteiger partial charge in [-0.3, -0.25) is 0 Å². The van der Waals surface area contributed by atoms with Crippen LogP contribution in [-0.4, -0.2) is 30.6 Å². The van der Waals surface area contributed by atoms with Crippen LogP contribution in [0.4, 0.5) is 0 Å². The zero-order valence-corrected chi connectivity index (χ0v) is 17.0. The largest absolute Gasteiger partial charge is 0.463 e. The molecule has 1 fully saturated rings. The summed E-state index contributed by atoms with van der Waals surface area (Å²) in [7, 11) is 0. The molecule has 1 heterocycles. The van der Waals surface area contributed by atoms with Crippen molar-refractivity contribution in [2.45, 2.75) is 47.1 Å². The number of rotatable bonds is 5. The Morgan fingerprint density at radius 1 is 0.923 bits per heavy atom. The molecule has 3 rings (SSSR count). The van der Waals surface area contributed by atoms with Crippen molar-refractivity contribution < 1.29 is 4.74 Å². The average molecular weight is 355 g/mol. The highest BCUT2D eigenvalue weighted by molar-refractivity contribution is 5.75. The third kappa shape index (κ3) is 6.55. The zero-order valence-electron chi connectivity index (χ0n) is 17.0. The number of aliphatic imine (C=N–C) groups is 1. The van der Waals surface area contributed by atoms with E-state index in [-0.39, 0.29) is 6.04 Å². The molecule has 1 unspecified atom stereocenters. The summed E-state index contributed by atoms with van der Waals surface area (Å²) < 4.78 is 5.72. The molecular formula is C23H34N2O. The Bertz CT molecular complexity index is 611. The first-order valence-corrected chi connectivity index (χ1v) is 9.91. The molecule has 3 nitrogen and oxygen atoms in total. The maximum atomic E-state index is 5.72. The van der Waals surface area contributed by atoms with E-state index in [0.717, 1.165) is 32.1 Å². The summed E-state index contributed by atoms with van der Waals surface area (Å²) in [4.78, 5) is 7.11. The summed E-state index contributed by atoms with van der Waals surface area (Å²) in [5.74, 6) is 0. The highest BCUT2D eigenvalue weighted by atomic mass is 16.5. The first-order chi connectivity index (χ1) is 12.9. The van der Waals surface area contributed by atoms with Crippen molar-refractivity contribution in [3.63, 3.8) is 0 Å². The molecule has 2 aromatic rings. The van der Waals surface area contributed by atoms with Gasteiger partial charge in [0.2, 0.25) is 0 Å². The van der Waals surface area contributed by atoms with Crippen molar-refractivity contribution >= 4 is 6.02 Å². The number of likely N-dealkylation sites (N-methyl/N-ethyl adjacent to an activating group) is 1. The maximum absolute atomic E-state index is 5.72. The van der Waals surface area contributed by atoms with Gasteiger partial charge < -0.3 is 9.64 Å². The van der Waals surface area contributed by atoms with Crippen molar-refractivity contribution in [1.29, 1.82) is 0 Å². The smallest absolute Gasteiger partial charge is 0.288 e. The van der Waals surface area contributed by atoms with Crippen molar-refractivity contribution in [2.24, 2.45) is 4.99 Å². The van der Waals surface area contributed by atoms with E-state index in [9.17, 15) is 0 Å². The van der Waals surface area contributed by atoms with Crippen LogP contribution in [0, 0.1) is 0 Å². The molecule has 1 atom stereocenters. The summed E-state index contributed by atoms with van der Waals surface area (Å²) in [5, 5.41) is 0. The van der Waals surface area contributed by atoms with Crippen LogP contribution in [0.3, 0.4) is 0 Å². The number of hydrogen-bond donors (Lipinski definition) is 0. The molecule has 0 amide bonds. The van der Waals surface area contributed by atoms with Crippen LogP contribution in [0.25, 0.3) is 0 Å². The molecule has 0 aliphatic carbocycles. The summed E-state index contributed by atoms with van der Waals surface area (Å²) in [6.07, 6.45) is 0.884. The molecule has 0 radical (unpaired) electrons. The van der Waals surface area contributed by atoms with Crippen molar-refractivity contribution in [3.8, 4) is 0 Å². The predicted molar refractivity (Wildman–Crippen MR) is 113 cm³/mol. The molecule has 26 heavy (non-hydrogen) atoms. The Kier molecular flexibility index (Phi) is 10.9. The molecule has 3 heteroatoms. The lowest BCUT2D eigenvalue weighted by molar-refractivity contribution is 0.347. The summed E-state index contributed by atoms with van der Waals surface area (Å²) in [6.45, 7) is 12.7. The quantitative estimate of drug-likeness (QED) is 0.685. The second-order valence-electron chi connectivity index (χ2n) is 5.46. The molecule has 0 saturated carbocycles.